The molecular formula is C18H29ClFN. The fraction of sp³-hybridized carbons (Fsp3) is 0.667. The van der Waals surface area contributed by atoms with Gasteiger partial charge in [0.05, 0.1) is 0 Å². The van der Waals surface area contributed by atoms with Crippen LogP contribution in [-0.2, 0) is 0 Å². The summed E-state index contributed by atoms with van der Waals surface area (Å²) >= 11 is 6.34. The molecule has 0 amide bonds. The minimum absolute atomic E-state index is 0.219. The van der Waals surface area contributed by atoms with Crippen molar-refractivity contribution in [2.45, 2.75) is 65.8 Å². The Kier molecular flexibility index (Phi) is 8.28. The predicted molar refractivity (Wildman–Crippen MR) is 90.5 cm³/mol. The van der Waals surface area contributed by atoms with Crippen molar-refractivity contribution in [3.8, 4) is 0 Å². The van der Waals surface area contributed by atoms with Crippen molar-refractivity contribution in [2.24, 2.45) is 5.92 Å². The Bertz CT molecular complexity index is 427. The van der Waals surface area contributed by atoms with Gasteiger partial charge < -0.3 is 5.32 Å². The number of halogens is 2. The van der Waals surface area contributed by atoms with Crippen molar-refractivity contribution in [1.82, 2.24) is 5.32 Å². The molecule has 1 unspecified atom stereocenters. The van der Waals surface area contributed by atoms with Gasteiger partial charge in [-0.15, -0.1) is 0 Å². The van der Waals surface area contributed by atoms with Crippen LogP contribution in [0.4, 0.5) is 4.39 Å². The van der Waals surface area contributed by atoms with Crippen LogP contribution in [0.2, 0.25) is 5.02 Å². The first kappa shape index (κ1) is 18.4. The highest BCUT2D eigenvalue weighted by Gasteiger charge is 2.24. The van der Waals surface area contributed by atoms with E-state index in [1.54, 1.807) is 6.92 Å². The van der Waals surface area contributed by atoms with Crippen molar-refractivity contribution in [3.05, 3.63) is 34.1 Å². The Morgan fingerprint density at radius 2 is 1.71 bits per heavy atom. The Balaban J connectivity index is 3.13. The molecule has 1 N–H and O–H groups in total. The first-order chi connectivity index (χ1) is 10.0. The number of hydrogen-bond acceptors (Lipinski definition) is 1. The van der Waals surface area contributed by atoms with E-state index in [9.17, 15) is 4.39 Å². The van der Waals surface area contributed by atoms with E-state index >= 15 is 0 Å². The summed E-state index contributed by atoms with van der Waals surface area (Å²) in [7, 11) is 0. The van der Waals surface area contributed by atoms with Gasteiger partial charge in [-0.1, -0.05) is 51.3 Å². The van der Waals surface area contributed by atoms with Gasteiger partial charge in [-0.25, -0.2) is 4.39 Å². The van der Waals surface area contributed by atoms with Gasteiger partial charge in [-0.05, 0) is 55.8 Å². The fourth-order valence-electron chi connectivity index (χ4n) is 2.97. The summed E-state index contributed by atoms with van der Waals surface area (Å²) in [4.78, 5) is 0. The molecule has 0 fully saturated rings. The maximum atomic E-state index is 13.7. The second-order valence-electron chi connectivity index (χ2n) is 5.89. The summed E-state index contributed by atoms with van der Waals surface area (Å²) in [5, 5.41) is 4.18. The fourth-order valence-corrected chi connectivity index (χ4v) is 3.24. The van der Waals surface area contributed by atoms with E-state index in [-0.39, 0.29) is 11.9 Å². The van der Waals surface area contributed by atoms with Crippen LogP contribution >= 0.6 is 11.6 Å². The molecule has 0 saturated heterocycles. The largest absolute Gasteiger partial charge is 0.310 e. The zero-order valence-electron chi connectivity index (χ0n) is 13.8. The van der Waals surface area contributed by atoms with Gasteiger partial charge >= 0.3 is 0 Å². The highest BCUT2D eigenvalue weighted by Crippen LogP contribution is 2.35. The van der Waals surface area contributed by atoms with Crippen molar-refractivity contribution >= 4 is 11.6 Å². The molecule has 1 aromatic carbocycles. The summed E-state index contributed by atoms with van der Waals surface area (Å²) in [6, 6.07) is 3.60. The molecular weight excluding hydrogens is 285 g/mol. The van der Waals surface area contributed by atoms with Crippen LogP contribution < -0.4 is 5.32 Å². The normalized spacial score (nSPS) is 12.9. The third kappa shape index (κ3) is 5.27. The molecule has 0 aliphatic carbocycles. The summed E-state index contributed by atoms with van der Waals surface area (Å²) in [5.74, 6) is 0.328. The van der Waals surface area contributed by atoms with Crippen molar-refractivity contribution in [3.63, 3.8) is 0 Å². The van der Waals surface area contributed by atoms with Gasteiger partial charge in [-0.3, -0.25) is 0 Å². The van der Waals surface area contributed by atoms with Crippen molar-refractivity contribution < 1.29 is 4.39 Å². The van der Waals surface area contributed by atoms with Crippen LogP contribution in [0.15, 0.2) is 12.1 Å². The second kappa shape index (κ2) is 9.42. The molecule has 0 radical (unpaired) electrons. The molecule has 0 aliphatic rings. The van der Waals surface area contributed by atoms with Crippen molar-refractivity contribution in [2.75, 3.05) is 6.54 Å². The van der Waals surface area contributed by atoms with E-state index in [1.165, 1.54) is 18.9 Å². The Morgan fingerprint density at radius 1 is 1.10 bits per heavy atom. The second-order valence-corrected chi connectivity index (χ2v) is 6.30. The lowest BCUT2D eigenvalue weighted by Crippen LogP contribution is -2.29. The number of rotatable bonds is 9. The van der Waals surface area contributed by atoms with Gasteiger partial charge in [0.25, 0.3) is 0 Å². The summed E-state index contributed by atoms with van der Waals surface area (Å²) in [5.41, 5.74) is 1.72. The Morgan fingerprint density at radius 3 is 2.24 bits per heavy atom. The number of benzene rings is 1. The maximum absolute atomic E-state index is 13.7. The van der Waals surface area contributed by atoms with E-state index in [2.05, 4.69) is 26.1 Å². The van der Waals surface area contributed by atoms with E-state index in [4.69, 9.17) is 11.6 Å². The molecule has 0 bridgehead atoms. The molecule has 1 rings (SSSR count). The molecule has 1 atom stereocenters. The quantitative estimate of drug-likeness (QED) is 0.585. The summed E-state index contributed by atoms with van der Waals surface area (Å²) < 4.78 is 13.7. The van der Waals surface area contributed by atoms with Gasteiger partial charge in [0.15, 0.2) is 0 Å². The lowest BCUT2D eigenvalue weighted by atomic mass is 9.85. The van der Waals surface area contributed by atoms with E-state index in [1.807, 2.05) is 6.07 Å². The molecule has 0 spiro atoms. The third-order valence-corrected chi connectivity index (χ3v) is 4.34. The minimum atomic E-state index is -0.222. The third-order valence-electron chi connectivity index (χ3n) is 4.02. The monoisotopic (exact) mass is 313 g/mol. The predicted octanol–water partition coefficient (Wildman–Crippen LogP) is 6.04. The van der Waals surface area contributed by atoms with Gasteiger partial charge in [0.2, 0.25) is 0 Å². The molecule has 3 heteroatoms. The van der Waals surface area contributed by atoms with E-state index < -0.39 is 0 Å². The van der Waals surface area contributed by atoms with Crippen LogP contribution in [0.1, 0.15) is 70.0 Å². The van der Waals surface area contributed by atoms with Crippen LogP contribution in [0.25, 0.3) is 0 Å². The van der Waals surface area contributed by atoms with Crippen LogP contribution in [0, 0.1) is 18.7 Å². The lowest BCUT2D eigenvalue weighted by molar-refractivity contribution is 0.316. The smallest absolute Gasteiger partial charge is 0.127 e. The van der Waals surface area contributed by atoms with Crippen molar-refractivity contribution in [1.29, 1.82) is 0 Å². The number of hydrogen-bond donors (Lipinski definition) is 1. The number of nitrogens with one attached hydrogen (secondary N) is 1. The lowest BCUT2D eigenvalue weighted by Gasteiger charge is -2.29. The summed E-state index contributed by atoms with van der Waals surface area (Å²) in [6.45, 7) is 9.37. The zero-order valence-corrected chi connectivity index (χ0v) is 14.6. The molecule has 21 heavy (non-hydrogen) atoms. The molecule has 0 saturated carbocycles. The first-order valence-corrected chi connectivity index (χ1v) is 8.61. The van der Waals surface area contributed by atoms with Crippen LogP contribution in [-0.4, -0.2) is 6.54 Å². The minimum Gasteiger partial charge on any atom is -0.310 e. The van der Waals surface area contributed by atoms with Gasteiger partial charge in [0.1, 0.15) is 5.82 Å². The van der Waals surface area contributed by atoms with Crippen LogP contribution in [0.5, 0.6) is 0 Å². The van der Waals surface area contributed by atoms with Gasteiger partial charge in [0, 0.05) is 11.1 Å². The topological polar surface area (TPSA) is 12.0 Å². The Labute approximate surface area is 134 Å². The van der Waals surface area contributed by atoms with E-state index in [0.717, 1.165) is 31.4 Å². The highest BCUT2D eigenvalue weighted by atomic mass is 35.5. The SMILES string of the molecule is CCCNC(c1cc(C)c(F)cc1Cl)C(CCC)CCC. The van der Waals surface area contributed by atoms with Gasteiger partial charge in [-0.2, -0.15) is 0 Å². The average Bonchev–Trinajstić information content (AvgIpc) is 2.44. The van der Waals surface area contributed by atoms with Crippen LogP contribution in [0.3, 0.4) is 0 Å². The molecule has 1 nitrogen and oxygen atoms in total. The highest BCUT2D eigenvalue weighted by molar-refractivity contribution is 6.31. The first-order valence-electron chi connectivity index (χ1n) is 8.23. The zero-order chi connectivity index (χ0) is 15.8. The van der Waals surface area contributed by atoms with E-state index in [0.29, 0.717) is 16.5 Å². The summed E-state index contributed by atoms with van der Waals surface area (Å²) in [6.07, 6.45) is 5.74. The molecule has 120 valence electrons. The molecule has 0 aromatic heterocycles. The standard InChI is InChI=1S/C18H29ClFN/c1-5-8-14(9-6-2)18(21-10-7-3)15-11-13(4)17(20)12-16(15)19/h11-12,14,18,21H,5-10H2,1-4H3. The molecule has 0 aliphatic heterocycles. The maximum Gasteiger partial charge on any atom is 0.127 e. The molecule has 0 heterocycles. The average molecular weight is 314 g/mol. The number of aryl methyl sites for hydroxylation is 1. The Hall–Kier alpha value is -0.600. The molecule has 1 aromatic rings.